The Bertz CT molecular complexity index is 5000. The predicted octanol–water partition coefficient (Wildman–Crippen LogP) is 12.5. The largest absolute Gasteiger partial charge is 0.309 e. The fraction of sp³-hybridized carbons (Fsp3) is 0. The highest BCUT2D eigenvalue weighted by atomic mass is 15.3. The van der Waals surface area contributed by atoms with Crippen LogP contribution in [0.5, 0.6) is 0 Å². The first-order valence-corrected chi connectivity index (χ1v) is 16.9. The van der Waals surface area contributed by atoms with Crippen LogP contribution < -0.4 is 0 Å². The molecule has 0 N–H and O–H groups in total. The Morgan fingerprint density at radius 1 is 0.351 bits per heavy atom. The van der Waals surface area contributed by atoms with Crippen LogP contribution in [-0.4, -0.2) is 28.7 Å². The van der Waals surface area contributed by atoms with E-state index < -0.39 is 242 Å². The second kappa shape index (κ2) is 12.3. The van der Waals surface area contributed by atoms with Gasteiger partial charge < -0.3 is 4.57 Å². The Balaban J connectivity index is 1.34. The molecule has 0 unspecified atom stereocenters. The van der Waals surface area contributed by atoms with Gasteiger partial charge >= 0.3 is 0 Å². The molecular formula is C51H32N6. The number of benzene rings is 8. The molecule has 0 saturated carbocycles. The van der Waals surface area contributed by atoms with E-state index in [1.54, 1.807) is 0 Å². The summed E-state index contributed by atoms with van der Waals surface area (Å²) in [7, 11) is 0. The van der Waals surface area contributed by atoms with Gasteiger partial charge in [-0.2, -0.15) is 15.0 Å². The molecule has 266 valence electrons. The van der Waals surface area contributed by atoms with Gasteiger partial charge in [-0.1, -0.05) is 139 Å². The number of rotatable bonds is 5. The molecule has 4 aromatic heterocycles. The molecule has 0 fully saturated rings. The van der Waals surface area contributed by atoms with E-state index in [4.69, 9.17) is 41.0 Å². The first-order chi connectivity index (χ1) is 39.9. The predicted molar refractivity (Wildman–Crippen MR) is 234 cm³/mol. The molecule has 0 spiro atoms. The highest BCUT2D eigenvalue weighted by Gasteiger charge is 2.23. The van der Waals surface area contributed by atoms with E-state index in [0.29, 0.717) is 0 Å². The van der Waals surface area contributed by atoms with Crippen LogP contribution in [0.2, 0.25) is 0 Å². The van der Waals surface area contributed by atoms with Crippen LogP contribution in [0.1, 0.15) is 38.4 Å². The summed E-state index contributed by atoms with van der Waals surface area (Å²) in [4.78, 5) is 14.4. The summed E-state index contributed by atoms with van der Waals surface area (Å²) in [5.41, 5.74) is -4.93. The third-order valence-electron chi connectivity index (χ3n) is 9.37. The lowest BCUT2D eigenvalue weighted by molar-refractivity contribution is 0.892. The van der Waals surface area contributed by atoms with Gasteiger partial charge in [-0.05, 0) is 65.6 Å². The minimum atomic E-state index is -0.968. The molecule has 12 rings (SSSR count). The second-order valence-corrected chi connectivity index (χ2v) is 12.4. The Kier molecular flexibility index (Phi) is 3.18. The zero-order valence-electron chi connectivity index (χ0n) is 56.5. The lowest BCUT2D eigenvalue weighted by atomic mass is 10.0. The molecule has 12 aromatic rings. The minimum absolute atomic E-state index is 0.192. The van der Waals surface area contributed by atoms with Crippen molar-refractivity contribution >= 4 is 65.4 Å². The SMILES string of the molecule is [2H]c1c([2H])c([2H])c(-c2c([2H])c([2H])c3c(c2[2H])c2c([2H])c([2H])c([2H])c([2H])c2n3-c2nc(-c3ccccc3-n3c4c([2H])c([2H])c([2H])c([2H])c4c4c([2H])c([2H])c([2H])c([2H])c43)nc(-n3c4c([2H])c([2H])c([2H])c([2H])c4c4c([2H])c([2H])c([2H])c([2H])c43)n2)c([2H])c1[2H]. The molecule has 6 heteroatoms. The number of fused-ring (bicyclic) bond motifs is 9. The van der Waals surface area contributed by atoms with Crippen LogP contribution in [0.15, 0.2) is 193 Å². The van der Waals surface area contributed by atoms with Crippen molar-refractivity contribution in [2.75, 3.05) is 0 Å². The number of para-hydroxylation sites is 6. The zero-order chi connectivity index (χ0) is 61.8. The summed E-state index contributed by atoms with van der Waals surface area (Å²) in [5, 5.41) is -2.70. The van der Waals surface area contributed by atoms with E-state index in [2.05, 4.69) is 0 Å². The van der Waals surface area contributed by atoms with Gasteiger partial charge in [0.1, 0.15) is 0 Å². The first kappa shape index (κ1) is 14.7. The van der Waals surface area contributed by atoms with Gasteiger partial charge in [0.05, 0.1) is 77.2 Å². The lowest BCUT2D eigenvalue weighted by Crippen LogP contribution is -2.11. The Labute approximate surface area is 366 Å². The standard InChI is InChI=1S/C51H32N6/c1-2-16-33(17-3-1)34-30-31-48-41(32-34)39-22-8-14-28-46(39)57(48)51-53-49(52-50(54-51)56-44-26-12-6-20-37(44)38-21-7-13-27-45(38)56)40-23-9-15-29-47(40)55-42-24-10-4-18-35(42)36-19-5-11-25-43(36)55/h1-32H/i1D,2D,3D,4D,5D,6D,7D,8D,10D,11D,12D,13D,14D,16D,17D,18D,19D,20D,21D,22D,24D,25D,26D,27D,28D,30D,31D,32D. The highest BCUT2D eigenvalue weighted by molar-refractivity contribution is 6.12. The van der Waals surface area contributed by atoms with Crippen molar-refractivity contribution in [3.8, 4) is 40.1 Å². The lowest BCUT2D eigenvalue weighted by Gasteiger charge is -2.16. The smallest absolute Gasteiger partial charge is 0.240 e. The van der Waals surface area contributed by atoms with Gasteiger partial charge in [0.15, 0.2) is 5.82 Å². The average molecular weight is 757 g/mol. The number of hydrogen-bond donors (Lipinski definition) is 0. The maximum atomic E-state index is 9.77. The van der Waals surface area contributed by atoms with Crippen molar-refractivity contribution in [3.63, 3.8) is 0 Å². The van der Waals surface area contributed by atoms with Crippen molar-refractivity contribution in [2.24, 2.45) is 0 Å². The maximum absolute atomic E-state index is 9.77. The molecule has 4 heterocycles. The van der Waals surface area contributed by atoms with Crippen molar-refractivity contribution in [1.82, 2.24) is 28.7 Å². The second-order valence-electron chi connectivity index (χ2n) is 12.4. The van der Waals surface area contributed by atoms with E-state index in [-0.39, 0.29) is 33.1 Å². The Morgan fingerprint density at radius 2 is 0.772 bits per heavy atom. The fourth-order valence-electron chi connectivity index (χ4n) is 7.03. The van der Waals surface area contributed by atoms with Crippen LogP contribution in [0.3, 0.4) is 0 Å². The van der Waals surface area contributed by atoms with Gasteiger partial charge in [-0.3, -0.25) is 9.13 Å². The minimum Gasteiger partial charge on any atom is -0.309 e. The van der Waals surface area contributed by atoms with E-state index in [0.717, 1.165) is 13.7 Å². The Hall–Kier alpha value is -7.83. The van der Waals surface area contributed by atoms with Gasteiger partial charge in [-0.25, -0.2) is 0 Å². The summed E-state index contributed by atoms with van der Waals surface area (Å²) in [6, 6.07) is -17.6. The molecule has 0 aliphatic heterocycles. The van der Waals surface area contributed by atoms with Crippen LogP contribution in [0.4, 0.5) is 0 Å². The normalized spacial score (nSPS) is 18.7. The van der Waals surface area contributed by atoms with Crippen molar-refractivity contribution in [3.05, 3.63) is 193 Å². The van der Waals surface area contributed by atoms with Crippen LogP contribution in [-0.2, 0) is 0 Å². The third-order valence-corrected chi connectivity index (χ3v) is 9.37. The molecule has 0 amide bonds. The molecular weight excluding hydrogens is 697 g/mol. The number of nitrogens with zero attached hydrogens (tertiary/aromatic N) is 6. The molecule has 0 atom stereocenters. The summed E-state index contributed by atoms with van der Waals surface area (Å²) in [6.07, 6.45) is 0. The van der Waals surface area contributed by atoms with E-state index >= 15 is 0 Å². The van der Waals surface area contributed by atoms with E-state index in [1.165, 1.54) is 24.3 Å². The molecule has 0 radical (unpaired) electrons. The number of aromatic nitrogens is 6. The summed E-state index contributed by atoms with van der Waals surface area (Å²) >= 11 is 0. The van der Waals surface area contributed by atoms with Crippen molar-refractivity contribution < 1.29 is 38.4 Å². The first-order valence-electron chi connectivity index (χ1n) is 30.9. The Morgan fingerprint density at radius 3 is 1.30 bits per heavy atom. The van der Waals surface area contributed by atoms with Crippen LogP contribution >= 0.6 is 0 Å². The van der Waals surface area contributed by atoms with Gasteiger partial charge in [0.25, 0.3) is 0 Å². The summed E-state index contributed by atoms with van der Waals surface area (Å²) in [6.45, 7) is 0. The summed E-state index contributed by atoms with van der Waals surface area (Å²) < 4.78 is 254. The van der Waals surface area contributed by atoms with E-state index in [1.807, 2.05) is 0 Å². The van der Waals surface area contributed by atoms with Crippen LogP contribution in [0, 0.1) is 0 Å². The van der Waals surface area contributed by atoms with Crippen LogP contribution in [0.25, 0.3) is 106 Å². The highest BCUT2D eigenvalue weighted by Crippen LogP contribution is 2.38. The van der Waals surface area contributed by atoms with Crippen molar-refractivity contribution in [2.45, 2.75) is 0 Å². The molecule has 8 aromatic carbocycles. The van der Waals surface area contributed by atoms with Gasteiger partial charge in [-0.15, -0.1) is 0 Å². The molecule has 6 nitrogen and oxygen atoms in total. The maximum Gasteiger partial charge on any atom is 0.240 e. The average Bonchev–Trinajstić information content (AvgIpc) is 1.64. The third kappa shape index (κ3) is 4.74. The van der Waals surface area contributed by atoms with Gasteiger partial charge in [0, 0.05) is 37.9 Å². The van der Waals surface area contributed by atoms with E-state index in [9.17, 15) is 12.3 Å². The monoisotopic (exact) mass is 756 g/mol. The van der Waals surface area contributed by atoms with Gasteiger partial charge in [0.2, 0.25) is 11.9 Å². The fourth-order valence-corrected chi connectivity index (χ4v) is 7.03. The zero-order valence-corrected chi connectivity index (χ0v) is 28.5. The quantitative estimate of drug-likeness (QED) is 0.176. The van der Waals surface area contributed by atoms with Crippen molar-refractivity contribution in [1.29, 1.82) is 0 Å². The summed E-state index contributed by atoms with van der Waals surface area (Å²) in [5.74, 6) is -2.20. The molecule has 0 aliphatic carbocycles. The molecule has 0 saturated heterocycles. The molecule has 57 heavy (non-hydrogen) atoms. The molecule has 0 bridgehead atoms. The topological polar surface area (TPSA) is 53.5 Å². The number of hydrogen-bond acceptors (Lipinski definition) is 3. The molecule has 0 aliphatic rings.